The molecule has 2 aliphatic rings. The van der Waals surface area contributed by atoms with Crippen LogP contribution in [0, 0.1) is 35.5 Å². The molecule has 0 radical (unpaired) electrons. The van der Waals surface area contributed by atoms with Gasteiger partial charge in [0.15, 0.2) is 0 Å². The highest BCUT2D eigenvalue weighted by atomic mass is 16.6. The fourth-order valence-corrected chi connectivity index (χ4v) is 7.44. The zero-order valence-corrected chi connectivity index (χ0v) is 29.1. The number of benzene rings is 2. The van der Waals surface area contributed by atoms with E-state index in [1.54, 1.807) is 14.2 Å². The molecule has 2 aromatic rings. The Morgan fingerprint density at radius 1 is 0.609 bits per heavy atom. The van der Waals surface area contributed by atoms with Gasteiger partial charge in [0, 0.05) is 0 Å². The molecule has 0 bridgehead atoms. The fraction of sp³-hybridized carbons (Fsp3) is 0.632. The first-order chi connectivity index (χ1) is 22.0. The number of ether oxygens (including phenoxy) is 4. The quantitative estimate of drug-likeness (QED) is 0.256. The summed E-state index contributed by atoms with van der Waals surface area (Å²) in [4.78, 5) is 27.5. The summed E-state index contributed by atoms with van der Waals surface area (Å²) < 4.78 is 23.2. The van der Waals surface area contributed by atoms with Crippen molar-refractivity contribution < 1.29 is 28.5 Å². The van der Waals surface area contributed by atoms with E-state index in [9.17, 15) is 9.59 Å². The Hall–Kier alpha value is -3.42. The molecule has 46 heavy (non-hydrogen) atoms. The largest absolute Gasteiger partial charge is 0.497 e. The van der Waals surface area contributed by atoms with E-state index in [0.29, 0.717) is 47.0 Å². The highest BCUT2D eigenvalue weighted by Gasteiger charge is 2.37. The summed E-state index contributed by atoms with van der Waals surface area (Å²) >= 11 is 0. The molecule has 2 N–H and O–H groups in total. The van der Waals surface area contributed by atoms with Crippen LogP contribution >= 0.6 is 0 Å². The van der Waals surface area contributed by atoms with Gasteiger partial charge >= 0.3 is 12.2 Å². The first-order valence-electron chi connectivity index (χ1n) is 17.2. The minimum atomic E-state index is -0.663. The lowest BCUT2D eigenvalue weighted by molar-refractivity contribution is 0.000766. The van der Waals surface area contributed by atoms with Crippen molar-refractivity contribution in [3.63, 3.8) is 0 Å². The highest BCUT2D eigenvalue weighted by Crippen LogP contribution is 2.38. The minimum absolute atomic E-state index is 0.168. The van der Waals surface area contributed by atoms with E-state index in [2.05, 4.69) is 52.2 Å². The SMILES string of the molecule is COc1ccc([C@@H](NC(=O)O[C@@H]2C[C@H](C)CC[C@H]2C(C)C)[C@H](NC(=O)O[C@@H]2C[C@H](C)CC[C@H]2C(C)C)c2ccc(OC)cc2)cc1. The van der Waals surface area contributed by atoms with Crippen LogP contribution in [0.4, 0.5) is 9.59 Å². The van der Waals surface area contributed by atoms with Gasteiger partial charge in [0.25, 0.3) is 0 Å². The lowest BCUT2D eigenvalue weighted by Gasteiger charge is -2.38. The first kappa shape index (κ1) is 35.4. The lowest BCUT2D eigenvalue weighted by atomic mass is 9.75. The molecule has 2 saturated carbocycles. The van der Waals surface area contributed by atoms with Crippen LogP contribution < -0.4 is 20.1 Å². The van der Waals surface area contributed by atoms with Crippen LogP contribution in [0.5, 0.6) is 11.5 Å². The Morgan fingerprint density at radius 2 is 0.957 bits per heavy atom. The molecule has 8 nitrogen and oxygen atoms in total. The van der Waals surface area contributed by atoms with Gasteiger partial charge in [-0.05, 0) is 96.6 Å². The minimum Gasteiger partial charge on any atom is -0.497 e. The highest BCUT2D eigenvalue weighted by molar-refractivity contribution is 5.70. The van der Waals surface area contributed by atoms with Crippen LogP contribution in [0.25, 0.3) is 0 Å². The molecular weight excluding hydrogens is 580 g/mol. The van der Waals surface area contributed by atoms with E-state index in [0.717, 1.165) is 49.7 Å². The van der Waals surface area contributed by atoms with E-state index in [1.165, 1.54) is 0 Å². The zero-order chi connectivity index (χ0) is 33.4. The number of carbonyl (C=O) groups is 2. The average molecular weight is 637 g/mol. The van der Waals surface area contributed by atoms with Crippen LogP contribution in [0.1, 0.15) is 103 Å². The number of hydrogen-bond acceptors (Lipinski definition) is 6. The van der Waals surface area contributed by atoms with Crippen molar-refractivity contribution in [3.05, 3.63) is 59.7 Å². The van der Waals surface area contributed by atoms with Gasteiger partial charge in [0.1, 0.15) is 23.7 Å². The molecule has 0 aliphatic heterocycles. The molecule has 254 valence electrons. The fourth-order valence-electron chi connectivity index (χ4n) is 7.44. The van der Waals surface area contributed by atoms with Gasteiger partial charge in [-0.1, -0.05) is 78.6 Å². The van der Waals surface area contributed by atoms with E-state index < -0.39 is 24.3 Å². The smallest absolute Gasteiger partial charge is 0.407 e. The van der Waals surface area contributed by atoms with Gasteiger partial charge in [-0.25, -0.2) is 9.59 Å². The number of rotatable bonds is 11. The lowest BCUT2D eigenvalue weighted by Crippen LogP contribution is -2.45. The molecule has 0 unspecified atom stereocenters. The Labute approximate surface area is 276 Å². The second-order valence-electron chi connectivity index (χ2n) is 14.3. The topological polar surface area (TPSA) is 95.1 Å². The maximum absolute atomic E-state index is 13.8. The molecule has 8 atom stereocenters. The number of hydrogen-bond donors (Lipinski definition) is 2. The number of nitrogens with one attached hydrogen (secondary N) is 2. The summed E-state index contributed by atoms with van der Waals surface area (Å²) in [6, 6.07) is 13.7. The molecule has 2 amide bonds. The van der Waals surface area contributed by atoms with Gasteiger partial charge in [0.05, 0.1) is 26.3 Å². The molecule has 4 rings (SSSR count). The molecule has 0 spiro atoms. The number of methoxy groups -OCH3 is 2. The van der Waals surface area contributed by atoms with Crippen molar-refractivity contribution in [1.29, 1.82) is 0 Å². The first-order valence-corrected chi connectivity index (χ1v) is 17.2. The van der Waals surface area contributed by atoms with Crippen molar-refractivity contribution in [2.24, 2.45) is 35.5 Å². The predicted octanol–water partition coefficient (Wildman–Crippen LogP) is 8.86. The van der Waals surface area contributed by atoms with E-state index in [1.807, 2.05) is 48.5 Å². The van der Waals surface area contributed by atoms with E-state index in [4.69, 9.17) is 18.9 Å². The van der Waals surface area contributed by atoms with Crippen LogP contribution in [0.3, 0.4) is 0 Å². The van der Waals surface area contributed by atoms with Crippen molar-refractivity contribution in [3.8, 4) is 11.5 Å². The van der Waals surface area contributed by atoms with E-state index >= 15 is 0 Å². The second-order valence-corrected chi connectivity index (χ2v) is 14.3. The van der Waals surface area contributed by atoms with Crippen molar-refractivity contribution in [2.45, 2.75) is 104 Å². The maximum atomic E-state index is 13.8. The third kappa shape index (κ3) is 9.32. The summed E-state index contributed by atoms with van der Waals surface area (Å²) in [5, 5.41) is 6.32. The van der Waals surface area contributed by atoms with Gasteiger partial charge in [-0.15, -0.1) is 0 Å². The zero-order valence-electron chi connectivity index (χ0n) is 29.1. The normalized spacial score (nSPS) is 26.1. The summed E-state index contributed by atoms with van der Waals surface area (Å²) in [6.45, 7) is 13.2. The summed E-state index contributed by atoms with van der Waals surface area (Å²) in [5.74, 6) is 3.79. The molecule has 2 aromatic carbocycles. The second kappa shape index (κ2) is 16.4. The summed E-state index contributed by atoms with van der Waals surface area (Å²) in [5.41, 5.74) is 1.59. The standard InChI is InChI=1S/C38H56N2O6/c1-23(2)31-19-9-25(5)21-33(31)45-37(41)39-35(27-11-15-29(43-7)16-12-27)36(28-13-17-30(44-8)18-14-28)40-38(42)46-34-22-26(6)10-20-32(34)24(3)4/h11-18,23-26,31-36H,9-10,19-22H2,1-8H3,(H,39,41)(H,40,42)/t25-,26-,31+,32+,33-,34-,35-,36-/m1/s1. The molecular formula is C38H56N2O6. The van der Waals surface area contributed by atoms with Crippen LogP contribution in [-0.2, 0) is 9.47 Å². The molecule has 2 fully saturated rings. The molecule has 2 aliphatic carbocycles. The van der Waals surface area contributed by atoms with Gasteiger partial charge in [-0.2, -0.15) is 0 Å². The number of alkyl carbamates (subject to hydrolysis) is 2. The van der Waals surface area contributed by atoms with E-state index in [-0.39, 0.29) is 12.2 Å². The Balaban J connectivity index is 1.65. The van der Waals surface area contributed by atoms with Gasteiger partial charge in [0.2, 0.25) is 0 Å². The Kier molecular flexibility index (Phi) is 12.6. The summed E-state index contributed by atoms with van der Waals surface area (Å²) in [6.07, 6.45) is 4.71. The van der Waals surface area contributed by atoms with Gasteiger partial charge in [-0.3, -0.25) is 0 Å². The van der Waals surface area contributed by atoms with Crippen LogP contribution in [0.2, 0.25) is 0 Å². The Morgan fingerprint density at radius 3 is 1.26 bits per heavy atom. The maximum Gasteiger partial charge on any atom is 0.407 e. The van der Waals surface area contributed by atoms with Crippen molar-refractivity contribution in [2.75, 3.05) is 14.2 Å². The number of carbonyl (C=O) groups excluding carboxylic acids is 2. The van der Waals surface area contributed by atoms with Crippen molar-refractivity contribution in [1.82, 2.24) is 10.6 Å². The molecule has 0 heterocycles. The summed E-state index contributed by atoms with van der Waals surface area (Å²) in [7, 11) is 3.24. The average Bonchev–Trinajstić information content (AvgIpc) is 3.02. The molecule has 8 heteroatoms. The third-order valence-corrected chi connectivity index (χ3v) is 10.3. The predicted molar refractivity (Wildman–Crippen MR) is 181 cm³/mol. The third-order valence-electron chi connectivity index (χ3n) is 10.3. The van der Waals surface area contributed by atoms with Crippen LogP contribution in [0.15, 0.2) is 48.5 Å². The monoisotopic (exact) mass is 636 g/mol. The molecule has 0 aromatic heterocycles. The molecule has 0 saturated heterocycles. The van der Waals surface area contributed by atoms with Crippen molar-refractivity contribution >= 4 is 12.2 Å². The van der Waals surface area contributed by atoms with Gasteiger partial charge < -0.3 is 29.6 Å². The Bertz CT molecular complexity index is 1150. The van der Waals surface area contributed by atoms with Crippen LogP contribution in [-0.4, -0.2) is 38.6 Å². The number of amides is 2.